The van der Waals surface area contributed by atoms with Crippen LogP contribution in [0.15, 0.2) is 77.0 Å². The van der Waals surface area contributed by atoms with E-state index < -0.39 is 41.0 Å². The van der Waals surface area contributed by atoms with Crippen molar-refractivity contribution < 1.29 is 29.0 Å². The number of ether oxygens (including phenoxy) is 2. The minimum Gasteiger partial charge on any atom is -0.462 e. The fraction of sp³-hybridized carbons (Fsp3) is 0.393. The molecule has 3 aliphatic rings. The van der Waals surface area contributed by atoms with Crippen LogP contribution in [-0.4, -0.2) is 46.8 Å². The van der Waals surface area contributed by atoms with Gasteiger partial charge in [-0.15, -0.1) is 0 Å². The molecule has 1 aliphatic carbocycles. The predicted molar refractivity (Wildman–Crippen MR) is 133 cm³/mol. The van der Waals surface area contributed by atoms with Gasteiger partial charge in [0, 0.05) is 5.92 Å². The SMILES string of the molecule is CC12OC(=O)C1(C(O)C1C=CCCC1)NC(=O)C2CCOC(=O)c1ccc(N=Nc2ccccc2)cc1. The number of aliphatic hydroxyl groups is 1. The minimum atomic E-state index is -1.49. The largest absolute Gasteiger partial charge is 0.462 e. The maximum absolute atomic E-state index is 12.9. The molecule has 9 nitrogen and oxygen atoms in total. The molecule has 0 spiro atoms. The second kappa shape index (κ2) is 9.89. The highest BCUT2D eigenvalue weighted by Gasteiger charge is 2.79. The van der Waals surface area contributed by atoms with Gasteiger partial charge in [0.2, 0.25) is 11.4 Å². The number of carbonyl (C=O) groups excluding carboxylic acids is 3. The summed E-state index contributed by atoms with van der Waals surface area (Å²) in [5.41, 5.74) is -1.06. The molecule has 0 bridgehead atoms. The molecule has 2 saturated heterocycles. The van der Waals surface area contributed by atoms with Crippen LogP contribution in [-0.2, 0) is 19.1 Å². The van der Waals surface area contributed by atoms with Gasteiger partial charge >= 0.3 is 11.9 Å². The first-order chi connectivity index (χ1) is 17.8. The molecule has 5 unspecified atom stereocenters. The van der Waals surface area contributed by atoms with Gasteiger partial charge in [0.1, 0.15) is 0 Å². The number of rotatable bonds is 8. The maximum Gasteiger partial charge on any atom is 0.339 e. The highest BCUT2D eigenvalue weighted by atomic mass is 16.6. The lowest BCUT2D eigenvalue weighted by Gasteiger charge is -2.54. The third-order valence-corrected chi connectivity index (χ3v) is 7.63. The number of azo groups is 1. The van der Waals surface area contributed by atoms with E-state index in [-0.39, 0.29) is 18.9 Å². The summed E-state index contributed by atoms with van der Waals surface area (Å²) >= 11 is 0. The molecular formula is C28H29N3O6. The van der Waals surface area contributed by atoms with Crippen LogP contribution in [0.4, 0.5) is 11.4 Å². The van der Waals surface area contributed by atoms with E-state index in [0.717, 1.165) is 24.9 Å². The molecule has 2 aromatic rings. The molecule has 2 N–H and O–H groups in total. The molecule has 192 valence electrons. The van der Waals surface area contributed by atoms with Crippen molar-refractivity contribution in [3.63, 3.8) is 0 Å². The standard InChI is InChI=1S/C28H29N3O6/c1-27-22(24(33)29-28(27,26(35)37-27)23(32)18-8-4-2-5-9-18)16-17-36-25(34)19-12-14-21(15-13-19)31-30-20-10-6-3-7-11-20/h3-4,6-8,10-15,18,22-23,32H,2,5,9,16-17H2,1H3,(H,29,33). The topological polar surface area (TPSA) is 127 Å². The molecule has 2 aromatic carbocycles. The Morgan fingerprint density at radius 3 is 2.49 bits per heavy atom. The van der Waals surface area contributed by atoms with E-state index in [1.54, 1.807) is 31.2 Å². The minimum absolute atomic E-state index is 0.0466. The van der Waals surface area contributed by atoms with Gasteiger partial charge in [0.15, 0.2) is 5.60 Å². The van der Waals surface area contributed by atoms with Crippen LogP contribution >= 0.6 is 0 Å². The van der Waals surface area contributed by atoms with Crippen LogP contribution in [0.2, 0.25) is 0 Å². The van der Waals surface area contributed by atoms with Gasteiger partial charge in [-0.3, -0.25) is 4.79 Å². The lowest BCUT2D eigenvalue weighted by molar-refractivity contribution is -0.238. The molecule has 1 amide bonds. The molecular weight excluding hydrogens is 474 g/mol. The van der Waals surface area contributed by atoms with Crippen molar-refractivity contribution in [3.05, 3.63) is 72.3 Å². The average molecular weight is 504 g/mol. The summed E-state index contributed by atoms with van der Waals surface area (Å²) < 4.78 is 10.9. The van der Waals surface area contributed by atoms with E-state index >= 15 is 0 Å². The Morgan fingerprint density at radius 1 is 1.14 bits per heavy atom. The van der Waals surface area contributed by atoms with E-state index in [2.05, 4.69) is 15.5 Å². The fourth-order valence-corrected chi connectivity index (χ4v) is 5.51. The normalized spacial score (nSPS) is 29.2. The zero-order chi connectivity index (χ0) is 26.0. The first-order valence-electron chi connectivity index (χ1n) is 12.5. The first kappa shape index (κ1) is 24.8. The summed E-state index contributed by atoms with van der Waals surface area (Å²) in [5, 5.41) is 22.2. The second-order valence-corrected chi connectivity index (χ2v) is 9.82. The highest BCUT2D eigenvalue weighted by molar-refractivity contribution is 6.02. The summed E-state index contributed by atoms with van der Waals surface area (Å²) in [5.74, 6) is -2.55. The van der Waals surface area contributed by atoms with Crippen molar-refractivity contribution in [3.8, 4) is 0 Å². The smallest absolute Gasteiger partial charge is 0.339 e. The number of hydrogen-bond acceptors (Lipinski definition) is 8. The van der Waals surface area contributed by atoms with Crippen molar-refractivity contribution >= 4 is 29.2 Å². The summed E-state index contributed by atoms with van der Waals surface area (Å²) in [4.78, 5) is 38.1. The first-order valence-corrected chi connectivity index (χ1v) is 12.5. The molecule has 0 aromatic heterocycles. The molecule has 2 aliphatic heterocycles. The number of aliphatic hydroxyl groups excluding tert-OH is 1. The predicted octanol–water partition coefficient (Wildman–Crippen LogP) is 4.17. The number of fused-ring (bicyclic) bond motifs is 1. The zero-order valence-corrected chi connectivity index (χ0v) is 20.5. The number of benzene rings is 2. The number of nitrogens with one attached hydrogen (secondary N) is 1. The van der Waals surface area contributed by atoms with Gasteiger partial charge in [0.05, 0.1) is 35.6 Å². The van der Waals surface area contributed by atoms with Crippen LogP contribution in [0.5, 0.6) is 0 Å². The van der Waals surface area contributed by atoms with Crippen molar-refractivity contribution in [1.82, 2.24) is 5.32 Å². The van der Waals surface area contributed by atoms with Crippen molar-refractivity contribution in [2.45, 2.75) is 49.9 Å². The van der Waals surface area contributed by atoms with Gasteiger partial charge in [0.25, 0.3) is 0 Å². The van der Waals surface area contributed by atoms with Crippen molar-refractivity contribution in [1.29, 1.82) is 0 Å². The molecule has 0 saturated carbocycles. The molecule has 9 heteroatoms. The number of allylic oxidation sites excluding steroid dienone is 1. The zero-order valence-electron chi connectivity index (χ0n) is 20.5. The molecule has 5 atom stereocenters. The van der Waals surface area contributed by atoms with Crippen molar-refractivity contribution in [2.24, 2.45) is 22.1 Å². The summed E-state index contributed by atoms with van der Waals surface area (Å²) in [7, 11) is 0. The number of amides is 1. The van der Waals surface area contributed by atoms with Gasteiger partial charge in [-0.1, -0.05) is 30.4 Å². The molecule has 5 rings (SSSR count). The quantitative estimate of drug-likeness (QED) is 0.316. The Hall–Kier alpha value is -3.85. The number of hydrogen-bond donors (Lipinski definition) is 2. The van der Waals surface area contributed by atoms with Gasteiger partial charge < -0.3 is 19.9 Å². The average Bonchev–Trinajstić information content (AvgIpc) is 3.10. The third-order valence-electron chi connectivity index (χ3n) is 7.63. The summed E-state index contributed by atoms with van der Waals surface area (Å²) in [6.07, 6.45) is 5.52. The lowest BCUT2D eigenvalue weighted by Crippen LogP contribution is -2.80. The van der Waals surface area contributed by atoms with E-state index in [1.165, 1.54) is 0 Å². The van der Waals surface area contributed by atoms with E-state index in [9.17, 15) is 19.5 Å². The number of esters is 2. The van der Waals surface area contributed by atoms with E-state index in [4.69, 9.17) is 9.47 Å². The van der Waals surface area contributed by atoms with Gasteiger partial charge in [-0.25, -0.2) is 9.59 Å². The van der Waals surface area contributed by atoms with Crippen LogP contribution in [0, 0.1) is 11.8 Å². The van der Waals surface area contributed by atoms with Gasteiger partial charge in [-0.05, 0) is 69.0 Å². The summed E-state index contributed by atoms with van der Waals surface area (Å²) in [6.45, 7) is 1.62. The van der Waals surface area contributed by atoms with Gasteiger partial charge in [-0.2, -0.15) is 10.2 Å². The Bertz CT molecular complexity index is 1240. The van der Waals surface area contributed by atoms with Crippen LogP contribution in [0.1, 0.15) is 43.0 Å². The lowest BCUT2D eigenvalue weighted by atomic mass is 9.64. The van der Waals surface area contributed by atoms with Crippen LogP contribution in [0.3, 0.4) is 0 Å². The van der Waals surface area contributed by atoms with Crippen molar-refractivity contribution in [2.75, 3.05) is 6.61 Å². The molecule has 37 heavy (non-hydrogen) atoms. The molecule has 2 fully saturated rings. The van der Waals surface area contributed by atoms with Crippen LogP contribution in [0.25, 0.3) is 0 Å². The Labute approximate surface area is 214 Å². The van der Waals surface area contributed by atoms with Crippen LogP contribution < -0.4 is 5.32 Å². The highest BCUT2D eigenvalue weighted by Crippen LogP contribution is 2.53. The maximum atomic E-state index is 12.9. The Balaban J connectivity index is 1.19. The van der Waals surface area contributed by atoms with E-state index in [1.807, 2.05) is 42.5 Å². The molecule has 0 radical (unpaired) electrons. The number of nitrogens with zero attached hydrogens (tertiary/aromatic N) is 2. The fourth-order valence-electron chi connectivity index (χ4n) is 5.51. The second-order valence-electron chi connectivity index (χ2n) is 9.82. The third kappa shape index (κ3) is 4.33. The van der Waals surface area contributed by atoms with E-state index in [0.29, 0.717) is 11.3 Å². The molecule has 2 heterocycles. The Morgan fingerprint density at radius 2 is 1.84 bits per heavy atom. The number of carbonyl (C=O) groups is 3. The summed E-state index contributed by atoms with van der Waals surface area (Å²) in [6, 6.07) is 15.8. The monoisotopic (exact) mass is 503 g/mol. The Kier molecular flexibility index (Phi) is 6.64.